The lowest BCUT2D eigenvalue weighted by Gasteiger charge is -2.34. The molecule has 1 aliphatic heterocycles. The predicted octanol–water partition coefficient (Wildman–Crippen LogP) is 1.98. The summed E-state index contributed by atoms with van der Waals surface area (Å²) in [7, 11) is 0. The highest BCUT2D eigenvalue weighted by atomic mass is 35.5. The van der Waals surface area contributed by atoms with Crippen LogP contribution in [0.4, 0.5) is 0 Å². The predicted molar refractivity (Wildman–Crippen MR) is 91.4 cm³/mol. The summed E-state index contributed by atoms with van der Waals surface area (Å²) in [4.78, 5) is 26.3. The molecule has 1 aliphatic rings. The monoisotopic (exact) mass is 362 g/mol. The third-order valence-electron chi connectivity index (χ3n) is 4.52. The molecule has 0 radical (unpaired) electrons. The molecule has 0 fully saturated rings. The molecule has 0 aliphatic carbocycles. The number of hydrogen-bond donors (Lipinski definition) is 2. The lowest BCUT2D eigenvalue weighted by Crippen LogP contribution is -2.46. The van der Waals surface area contributed by atoms with Crippen molar-refractivity contribution in [1.82, 2.24) is 20.2 Å². The minimum absolute atomic E-state index is 0.00423. The number of halogens is 1. The molecular weight excluding hydrogens is 344 g/mol. The second kappa shape index (κ2) is 6.50. The van der Waals surface area contributed by atoms with Crippen LogP contribution >= 0.6 is 11.6 Å². The largest absolute Gasteiger partial charge is 0.334 e. The van der Waals surface area contributed by atoms with Crippen molar-refractivity contribution in [2.75, 3.05) is 6.54 Å². The number of hydroxylamine groups is 1. The average Bonchev–Trinajstić information content (AvgIpc) is 3.03. The standard InChI is InChI=1S/C17H19ClN4O3/c1-17(2,11-3-5-12(18)6-4-11)16(24)21-7-8-22-13(10-21)9-14(19-22)15(23)20-25/h3-6,9,25H,7-8,10H2,1-2H3,(H,20,23). The van der Waals surface area contributed by atoms with Crippen LogP contribution in [0.2, 0.25) is 5.02 Å². The summed E-state index contributed by atoms with van der Waals surface area (Å²) in [6, 6.07) is 8.85. The van der Waals surface area contributed by atoms with Crippen LogP contribution < -0.4 is 5.48 Å². The van der Waals surface area contributed by atoms with Crippen LogP contribution in [0.15, 0.2) is 30.3 Å². The Kier molecular flexibility index (Phi) is 4.53. The normalized spacial score (nSPS) is 14.2. The van der Waals surface area contributed by atoms with Crippen molar-refractivity contribution in [3.05, 3.63) is 52.3 Å². The maximum Gasteiger partial charge on any atom is 0.295 e. The molecule has 2 heterocycles. The number of amides is 2. The van der Waals surface area contributed by atoms with Crippen molar-refractivity contribution < 1.29 is 14.8 Å². The molecule has 8 heteroatoms. The van der Waals surface area contributed by atoms with Gasteiger partial charge >= 0.3 is 0 Å². The van der Waals surface area contributed by atoms with E-state index < -0.39 is 11.3 Å². The summed E-state index contributed by atoms with van der Waals surface area (Å²) in [5, 5.41) is 13.5. The van der Waals surface area contributed by atoms with Gasteiger partial charge in [0.2, 0.25) is 5.91 Å². The quantitative estimate of drug-likeness (QED) is 0.645. The van der Waals surface area contributed by atoms with E-state index in [1.54, 1.807) is 33.3 Å². The highest BCUT2D eigenvalue weighted by Gasteiger charge is 2.35. The first kappa shape index (κ1) is 17.4. The van der Waals surface area contributed by atoms with E-state index in [1.807, 2.05) is 26.0 Å². The Morgan fingerprint density at radius 1 is 1.24 bits per heavy atom. The van der Waals surface area contributed by atoms with Gasteiger partial charge in [-0.1, -0.05) is 23.7 Å². The minimum atomic E-state index is -0.696. The molecule has 2 amide bonds. The fourth-order valence-electron chi connectivity index (χ4n) is 2.99. The molecule has 7 nitrogen and oxygen atoms in total. The first-order valence-electron chi connectivity index (χ1n) is 7.89. The zero-order chi connectivity index (χ0) is 18.2. The van der Waals surface area contributed by atoms with Gasteiger partial charge in [-0.3, -0.25) is 19.5 Å². The first-order valence-corrected chi connectivity index (χ1v) is 8.27. The Balaban J connectivity index is 1.81. The van der Waals surface area contributed by atoms with Crippen molar-refractivity contribution in [2.24, 2.45) is 0 Å². The number of carbonyl (C=O) groups excluding carboxylic acids is 2. The summed E-state index contributed by atoms with van der Waals surface area (Å²) < 4.78 is 1.68. The molecule has 2 aromatic rings. The summed E-state index contributed by atoms with van der Waals surface area (Å²) in [6.07, 6.45) is 0. The van der Waals surface area contributed by atoms with Gasteiger partial charge in [-0.05, 0) is 37.6 Å². The van der Waals surface area contributed by atoms with Crippen LogP contribution in [0.25, 0.3) is 0 Å². The van der Waals surface area contributed by atoms with Crippen molar-refractivity contribution in [2.45, 2.75) is 32.4 Å². The zero-order valence-corrected chi connectivity index (χ0v) is 14.7. The first-order chi connectivity index (χ1) is 11.8. The maximum absolute atomic E-state index is 13.1. The maximum atomic E-state index is 13.1. The van der Waals surface area contributed by atoms with E-state index in [1.165, 1.54) is 0 Å². The Morgan fingerprint density at radius 3 is 2.56 bits per heavy atom. The Labute approximate surface area is 150 Å². The average molecular weight is 363 g/mol. The van der Waals surface area contributed by atoms with E-state index in [2.05, 4.69) is 5.10 Å². The summed E-state index contributed by atoms with van der Waals surface area (Å²) in [5.41, 5.74) is 2.65. The molecule has 1 aromatic heterocycles. The summed E-state index contributed by atoms with van der Waals surface area (Å²) in [6.45, 7) is 5.13. The molecule has 0 saturated carbocycles. The van der Waals surface area contributed by atoms with Gasteiger partial charge in [-0.15, -0.1) is 0 Å². The number of nitrogens with zero attached hydrogens (tertiary/aromatic N) is 3. The van der Waals surface area contributed by atoms with Crippen LogP contribution in [0.1, 0.15) is 35.6 Å². The molecule has 132 valence electrons. The van der Waals surface area contributed by atoms with E-state index in [9.17, 15) is 9.59 Å². The van der Waals surface area contributed by atoms with E-state index in [0.717, 1.165) is 11.3 Å². The van der Waals surface area contributed by atoms with Gasteiger partial charge in [-0.2, -0.15) is 5.10 Å². The summed E-state index contributed by atoms with van der Waals surface area (Å²) in [5.74, 6) is -0.670. The van der Waals surface area contributed by atoms with Crippen LogP contribution in [0.3, 0.4) is 0 Å². The third-order valence-corrected chi connectivity index (χ3v) is 4.77. The van der Waals surface area contributed by atoms with E-state index in [0.29, 0.717) is 24.7 Å². The smallest absolute Gasteiger partial charge is 0.295 e. The van der Waals surface area contributed by atoms with E-state index in [-0.39, 0.29) is 11.6 Å². The van der Waals surface area contributed by atoms with Gasteiger partial charge in [0.05, 0.1) is 24.2 Å². The van der Waals surface area contributed by atoms with Crippen LogP contribution in [-0.4, -0.2) is 38.2 Å². The van der Waals surface area contributed by atoms with Crippen LogP contribution in [0, 0.1) is 0 Å². The fourth-order valence-corrected chi connectivity index (χ4v) is 3.12. The number of rotatable bonds is 3. The van der Waals surface area contributed by atoms with Crippen molar-refractivity contribution >= 4 is 23.4 Å². The number of hydrogen-bond acceptors (Lipinski definition) is 4. The van der Waals surface area contributed by atoms with Gasteiger partial charge in [0, 0.05) is 11.6 Å². The molecule has 3 rings (SSSR count). The number of carbonyl (C=O) groups is 2. The fraction of sp³-hybridized carbons (Fsp3) is 0.353. The molecular formula is C17H19ClN4O3. The minimum Gasteiger partial charge on any atom is -0.334 e. The van der Waals surface area contributed by atoms with Gasteiger partial charge < -0.3 is 4.90 Å². The topological polar surface area (TPSA) is 87.5 Å². The number of fused-ring (bicyclic) bond motifs is 1. The summed E-state index contributed by atoms with van der Waals surface area (Å²) >= 11 is 5.93. The van der Waals surface area contributed by atoms with Crippen molar-refractivity contribution in [3.63, 3.8) is 0 Å². The molecule has 0 unspecified atom stereocenters. The zero-order valence-electron chi connectivity index (χ0n) is 14.0. The Hall–Kier alpha value is -2.38. The number of benzene rings is 1. The van der Waals surface area contributed by atoms with E-state index in [4.69, 9.17) is 16.8 Å². The molecule has 2 N–H and O–H groups in total. The van der Waals surface area contributed by atoms with Gasteiger partial charge in [0.1, 0.15) is 0 Å². The highest BCUT2D eigenvalue weighted by Crippen LogP contribution is 2.28. The van der Waals surface area contributed by atoms with Crippen molar-refractivity contribution in [3.8, 4) is 0 Å². The number of nitrogens with one attached hydrogen (secondary N) is 1. The highest BCUT2D eigenvalue weighted by molar-refractivity contribution is 6.30. The molecule has 0 bridgehead atoms. The Bertz CT molecular complexity index is 814. The number of aromatic nitrogens is 2. The SMILES string of the molecule is CC(C)(C(=O)N1CCn2nc(C(=O)NO)cc2C1)c1ccc(Cl)cc1. The van der Waals surface area contributed by atoms with Gasteiger partial charge in [-0.25, -0.2) is 5.48 Å². The molecule has 25 heavy (non-hydrogen) atoms. The lowest BCUT2D eigenvalue weighted by molar-refractivity contribution is -0.137. The second-order valence-corrected chi connectivity index (χ2v) is 6.98. The molecule has 0 spiro atoms. The van der Waals surface area contributed by atoms with Crippen LogP contribution in [0.5, 0.6) is 0 Å². The van der Waals surface area contributed by atoms with Gasteiger partial charge in [0.25, 0.3) is 5.91 Å². The van der Waals surface area contributed by atoms with Crippen LogP contribution in [-0.2, 0) is 23.3 Å². The molecule has 0 saturated heterocycles. The lowest BCUT2D eigenvalue weighted by atomic mass is 9.83. The van der Waals surface area contributed by atoms with Gasteiger partial charge in [0.15, 0.2) is 5.69 Å². The third kappa shape index (κ3) is 3.25. The Morgan fingerprint density at radius 2 is 1.92 bits per heavy atom. The molecule has 0 atom stereocenters. The second-order valence-electron chi connectivity index (χ2n) is 6.54. The van der Waals surface area contributed by atoms with E-state index >= 15 is 0 Å². The molecule has 1 aromatic carbocycles. The van der Waals surface area contributed by atoms with Crippen molar-refractivity contribution in [1.29, 1.82) is 0 Å².